The molecule has 0 saturated heterocycles. The van der Waals surface area contributed by atoms with Crippen LogP contribution in [0.4, 0.5) is 0 Å². The molecule has 2 rings (SSSR count). The molecule has 0 atom stereocenters. The predicted molar refractivity (Wildman–Crippen MR) is 53.6 cm³/mol. The Kier molecular flexibility index (Phi) is 2.08. The smallest absolute Gasteiger partial charge is 0.133 e. The normalized spacial score (nSPS) is 9.71. The van der Waals surface area contributed by atoms with Crippen molar-refractivity contribution in [1.82, 2.24) is 0 Å². The maximum Gasteiger partial charge on any atom is 0.133 e. The standard InChI is InChI=1S/C12H9NO/c1-9-4-5-10(7-11(9)8-13)12-3-2-6-14-12/h2-7H,1H3. The van der Waals surface area contributed by atoms with Gasteiger partial charge >= 0.3 is 0 Å². The molecular formula is C12H9NO. The van der Waals surface area contributed by atoms with Crippen molar-refractivity contribution < 1.29 is 4.42 Å². The largest absolute Gasteiger partial charge is 0.464 e. The van der Waals surface area contributed by atoms with Gasteiger partial charge in [-0.05, 0) is 30.7 Å². The summed E-state index contributed by atoms with van der Waals surface area (Å²) in [7, 11) is 0. The summed E-state index contributed by atoms with van der Waals surface area (Å²) >= 11 is 0. The number of hydrogen-bond donors (Lipinski definition) is 0. The Labute approximate surface area is 82.4 Å². The lowest BCUT2D eigenvalue weighted by molar-refractivity contribution is 0.582. The minimum atomic E-state index is 0.693. The first kappa shape index (κ1) is 8.58. The van der Waals surface area contributed by atoms with Gasteiger partial charge in [-0.2, -0.15) is 5.26 Å². The molecule has 0 spiro atoms. The Morgan fingerprint density at radius 1 is 1.29 bits per heavy atom. The van der Waals surface area contributed by atoms with Crippen molar-refractivity contribution in [2.45, 2.75) is 6.92 Å². The van der Waals surface area contributed by atoms with E-state index in [4.69, 9.17) is 9.68 Å². The Bertz CT molecular complexity index is 478. The zero-order chi connectivity index (χ0) is 9.97. The van der Waals surface area contributed by atoms with Crippen LogP contribution in [-0.4, -0.2) is 0 Å². The summed E-state index contributed by atoms with van der Waals surface area (Å²) in [4.78, 5) is 0. The highest BCUT2D eigenvalue weighted by molar-refractivity contribution is 5.61. The summed E-state index contributed by atoms with van der Waals surface area (Å²) in [5, 5.41) is 8.86. The topological polar surface area (TPSA) is 36.9 Å². The second-order valence-electron chi connectivity index (χ2n) is 3.12. The van der Waals surface area contributed by atoms with Gasteiger partial charge in [-0.25, -0.2) is 0 Å². The van der Waals surface area contributed by atoms with E-state index in [1.54, 1.807) is 6.26 Å². The first-order chi connectivity index (χ1) is 6.81. The third-order valence-electron chi connectivity index (χ3n) is 2.16. The van der Waals surface area contributed by atoms with Gasteiger partial charge in [0.1, 0.15) is 5.76 Å². The van der Waals surface area contributed by atoms with Crippen molar-refractivity contribution in [1.29, 1.82) is 5.26 Å². The van der Waals surface area contributed by atoms with E-state index in [9.17, 15) is 0 Å². The number of aryl methyl sites for hydroxylation is 1. The van der Waals surface area contributed by atoms with E-state index in [-0.39, 0.29) is 0 Å². The zero-order valence-electron chi connectivity index (χ0n) is 7.82. The second kappa shape index (κ2) is 3.39. The van der Waals surface area contributed by atoms with Gasteiger partial charge in [0.15, 0.2) is 0 Å². The van der Waals surface area contributed by atoms with Gasteiger partial charge in [0, 0.05) is 5.56 Å². The summed E-state index contributed by atoms with van der Waals surface area (Å²) in [6.07, 6.45) is 1.63. The monoisotopic (exact) mass is 183 g/mol. The quantitative estimate of drug-likeness (QED) is 0.681. The number of hydrogen-bond acceptors (Lipinski definition) is 2. The molecule has 1 aromatic heterocycles. The zero-order valence-corrected chi connectivity index (χ0v) is 7.82. The van der Waals surface area contributed by atoms with E-state index < -0.39 is 0 Å². The van der Waals surface area contributed by atoms with E-state index in [0.717, 1.165) is 16.9 Å². The van der Waals surface area contributed by atoms with Crippen molar-refractivity contribution >= 4 is 0 Å². The molecule has 0 bridgehead atoms. The van der Waals surface area contributed by atoms with Crippen LogP contribution in [-0.2, 0) is 0 Å². The van der Waals surface area contributed by atoms with Gasteiger partial charge < -0.3 is 4.42 Å². The summed E-state index contributed by atoms with van der Waals surface area (Å²) < 4.78 is 5.25. The number of furan rings is 1. The molecule has 0 fully saturated rings. The molecule has 0 aliphatic heterocycles. The molecule has 0 saturated carbocycles. The highest BCUT2D eigenvalue weighted by atomic mass is 16.3. The van der Waals surface area contributed by atoms with E-state index in [1.807, 2.05) is 37.3 Å². The summed E-state index contributed by atoms with van der Waals surface area (Å²) in [5.74, 6) is 0.793. The number of benzene rings is 1. The number of nitriles is 1. The van der Waals surface area contributed by atoms with Crippen LogP contribution in [0, 0.1) is 18.3 Å². The molecule has 2 heteroatoms. The van der Waals surface area contributed by atoms with Crippen LogP contribution in [0.3, 0.4) is 0 Å². The Balaban J connectivity index is 2.53. The third kappa shape index (κ3) is 1.40. The number of rotatable bonds is 1. The molecular weight excluding hydrogens is 174 g/mol. The van der Waals surface area contributed by atoms with Crippen molar-refractivity contribution in [2.75, 3.05) is 0 Å². The summed E-state index contributed by atoms with van der Waals surface area (Å²) in [5.41, 5.74) is 2.62. The van der Waals surface area contributed by atoms with Crippen molar-refractivity contribution in [2.24, 2.45) is 0 Å². The fourth-order valence-electron chi connectivity index (χ4n) is 1.34. The Morgan fingerprint density at radius 3 is 2.79 bits per heavy atom. The van der Waals surface area contributed by atoms with Gasteiger partial charge in [-0.1, -0.05) is 12.1 Å². The summed E-state index contributed by atoms with van der Waals surface area (Å²) in [6.45, 7) is 1.92. The molecule has 14 heavy (non-hydrogen) atoms. The lowest BCUT2D eigenvalue weighted by Gasteiger charge is -2.00. The molecule has 0 unspecified atom stereocenters. The van der Waals surface area contributed by atoms with Crippen molar-refractivity contribution in [3.63, 3.8) is 0 Å². The molecule has 0 aliphatic rings. The van der Waals surface area contributed by atoms with Crippen LogP contribution < -0.4 is 0 Å². The van der Waals surface area contributed by atoms with E-state index in [2.05, 4.69) is 6.07 Å². The molecule has 1 heterocycles. The van der Waals surface area contributed by atoms with Crippen molar-refractivity contribution in [3.05, 3.63) is 47.7 Å². The van der Waals surface area contributed by atoms with Crippen LogP contribution in [0.15, 0.2) is 41.0 Å². The molecule has 0 N–H and O–H groups in total. The second-order valence-corrected chi connectivity index (χ2v) is 3.12. The minimum Gasteiger partial charge on any atom is -0.464 e. The molecule has 2 nitrogen and oxygen atoms in total. The van der Waals surface area contributed by atoms with E-state index in [0.29, 0.717) is 5.56 Å². The highest BCUT2D eigenvalue weighted by Gasteiger charge is 2.03. The van der Waals surface area contributed by atoms with Crippen molar-refractivity contribution in [3.8, 4) is 17.4 Å². The van der Waals surface area contributed by atoms with Crippen LogP contribution >= 0.6 is 0 Å². The lowest BCUT2D eigenvalue weighted by atomic mass is 10.0. The van der Waals surface area contributed by atoms with Crippen LogP contribution in [0.25, 0.3) is 11.3 Å². The molecule has 0 radical (unpaired) electrons. The van der Waals surface area contributed by atoms with Gasteiger partial charge in [-0.15, -0.1) is 0 Å². The highest BCUT2D eigenvalue weighted by Crippen LogP contribution is 2.22. The fraction of sp³-hybridized carbons (Fsp3) is 0.0833. The van der Waals surface area contributed by atoms with Crippen LogP contribution in [0.1, 0.15) is 11.1 Å². The average molecular weight is 183 g/mol. The van der Waals surface area contributed by atoms with E-state index in [1.165, 1.54) is 0 Å². The van der Waals surface area contributed by atoms with Gasteiger partial charge in [-0.3, -0.25) is 0 Å². The van der Waals surface area contributed by atoms with Gasteiger partial charge in [0.25, 0.3) is 0 Å². The molecule has 0 aliphatic carbocycles. The lowest BCUT2D eigenvalue weighted by Crippen LogP contribution is -1.83. The maximum absolute atomic E-state index is 8.86. The molecule has 2 aromatic rings. The molecule has 1 aromatic carbocycles. The van der Waals surface area contributed by atoms with Crippen LogP contribution in [0.5, 0.6) is 0 Å². The summed E-state index contributed by atoms with van der Waals surface area (Å²) in [6, 6.07) is 11.6. The van der Waals surface area contributed by atoms with Gasteiger partial charge in [0.05, 0.1) is 17.9 Å². The fourth-order valence-corrected chi connectivity index (χ4v) is 1.34. The Morgan fingerprint density at radius 2 is 2.14 bits per heavy atom. The third-order valence-corrected chi connectivity index (χ3v) is 2.16. The first-order valence-corrected chi connectivity index (χ1v) is 4.36. The molecule has 0 amide bonds. The Hall–Kier alpha value is -2.01. The predicted octanol–water partition coefficient (Wildman–Crippen LogP) is 3.13. The van der Waals surface area contributed by atoms with Gasteiger partial charge in [0.2, 0.25) is 0 Å². The maximum atomic E-state index is 8.86. The average Bonchev–Trinajstić information content (AvgIpc) is 2.71. The SMILES string of the molecule is Cc1ccc(-c2ccco2)cc1C#N. The minimum absolute atomic E-state index is 0.693. The van der Waals surface area contributed by atoms with Crippen LogP contribution in [0.2, 0.25) is 0 Å². The van der Waals surface area contributed by atoms with E-state index >= 15 is 0 Å². The molecule has 68 valence electrons. The number of nitrogens with zero attached hydrogens (tertiary/aromatic N) is 1. The first-order valence-electron chi connectivity index (χ1n) is 4.36.